The summed E-state index contributed by atoms with van der Waals surface area (Å²) < 4.78 is 2.06. The quantitative estimate of drug-likeness (QED) is 0.900. The van der Waals surface area contributed by atoms with Crippen molar-refractivity contribution in [2.75, 3.05) is 12.3 Å². The van der Waals surface area contributed by atoms with Crippen molar-refractivity contribution in [3.05, 3.63) is 12.7 Å². The molecule has 0 spiro atoms. The molecule has 2 atom stereocenters. The number of aliphatic hydroxyl groups excluding tert-OH is 1. The summed E-state index contributed by atoms with van der Waals surface area (Å²) >= 11 is 0. The van der Waals surface area contributed by atoms with Crippen LogP contribution >= 0.6 is 0 Å². The van der Waals surface area contributed by atoms with Crippen LogP contribution in [0.25, 0.3) is 11.2 Å². The summed E-state index contributed by atoms with van der Waals surface area (Å²) in [5.74, 6) is 0.764. The molecule has 6 nitrogen and oxygen atoms in total. The van der Waals surface area contributed by atoms with Gasteiger partial charge in [0.05, 0.1) is 6.33 Å². The highest BCUT2D eigenvalue weighted by molar-refractivity contribution is 5.81. The number of rotatable bonds is 3. The van der Waals surface area contributed by atoms with Crippen LogP contribution in [0.4, 0.5) is 5.82 Å². The van der Waals surface area contributed by atoms with Crippen LogP contribution in [0.1, 0.15) is 33.6 Å². The normalized spacial score (nSPS) is 28.3. The summed E-state index contributed by atoms with van der Waals surface area (Å²) in [6, 6.07) is 0. The molecule has 3 rings (SSSR count). The smallest absolute Gasteiger partial charge is 0.165 e. The summed E-state index contributed by atoms with van der Waals surface area (Å²) in [5.41, 5.74) is 7.45. The zero-order valence-corrected chi connectivity index (χ0v) is 12.9. The Morgan fingerprint density at radius 3 is 2.76 bits per heavy atom. The van der Waals surface area contributed by atoms with E-state index in [9.17, 15) is 5.11 Å². The first-order valence-electron chi connectivity index (χ1n) is 7.41. The number of hydrogen-bond donors (Lipinski definition) is 2. The van der Waals surface area contributed by atoms with E-state index in [0.717, 1.165) is 25.0 Å². The van der Waals surface area contributed by atoms with Crippen molar-refractivity contribution in [1.29, 1.82) is 0 Å². The van der Waals surface area contributed by atoms with E-state index < -0.39 is 0 Å². The molecule has 0 amide bonds. The van der Waals surface area contributed by atoms with Crippen LogP contribution in [0.3, 0.4) is 0 Å². The standard InChI is InChI=1S/C15H23N5O/c1-14(2)10(6-21)4-5-15(14,3)7-20-9-19-11-12(16)17-8-18-13(11)20/h8-10,21H,4-7H2,1-3H3,(H2,16,17,18)/t10-,15+/m1/s1. The topological polar surface area (TPSA) is 89.8 Å². The molecule has 3 N–H and O–H groups in total. The number of fused-ring (bicyclic) bond motifs is 1. The number of anilines is 1. The van der Waals surface area contributed by atoms with Gasteiger partial charge < -0.3 is 15.4 Å². The van der Waals surface area contributed by atoms with Gasteiger partial charge in [0, 0.05) is 13.2 Å². The molecule has 0 saturated heterocycles. The molecule has 0 aromatic carbocycles. The summed E-state index contributed by atoms with van der Waals surface area (Å²) in [7, 11) is 0. The Morgan fingerprint density at radius 2 is 2.10 bits per heavy atom. The third-order valence-electron chi connectivity index (χ3n) is 5.79. The van der Waals surface area contributed by atoms with Crippen molar-refractivity contribution >= 4 is 17.0 Å². The van der Waals surface area contributed by atoms with E-state index in [0.29, 0.717) is 17.3 Å². The minimum atomic E-state index is 0.0664. The molecule has 1 aliphatic rings. The molecule has 6 heteroatoms. The molecule has 0 bridgehead atoms. The van der Waals surface area contributed by atoms with E-state index in [4.69, 9.17) is 5.73 Å². The number of aromatic nitrogens is 4. The fourth-order valence-corrected chi connectivity index (χ4v) is 3.66. The van der Waals surface area contributed by atoms with Crippen molar-refractivity contribution in [1.82, 2.24) is 19.5 Å². The Bertz CT molecular complexity index is 665. The maximum Gasteiger partial charge on any atom is 0.165 e. The minimum Gasteiger partial charge on any atom is -0.396 e. The Hall–Kier alpha value is -1.69. The van der Waals surface area contributed by atoms with Crippen molar-refractivity contribution in [3.63, 3.8) is 0 Å². The molecule has 1 fully saturated rings. The van der Waals surface area contributed by atoms with Gasteiger partial charge in [-0.2, -0.15) is 0 Å². The lowest BCUT2D eigenvalue weighted by atomic mass is 9.66. The van der Waals surface area contributed by atoms with Gasteiger partial charge in [-0.1, -0.05) is 20.8 Å². The summed E-state index contributed by atoms with van der Waals surface area (Å²) in [6.07, 6.45) is 5.42. The zero-order valence-electron chi connectivity index (χ0n) is 12.9. The number of nitrogens with two attached hydrogens (primary N) is 1. The zero-order chi connectivity index (χ0) is 15.3. The molecule has 0 unspecified atom stereocenters. The molecule has 2 aromatic heterocycles. The second-order valence-corrected chi connectivity index (χ2v) is 7.00. The predicted molar refractivity (Wildman–Crippen MR) is 81.4 cm³/mol. The summed E-state index contributed by atoms with van der Waals surface area (Å²) in [6.45, 7) is 7.87. The molecule has 2 aromatic rings. The molecule has 0 radical (unpaired) electrons. The maximum absolute atomic E-state index is 9.61. The van der Waals surface area contributed by atoms with Gasteiger partial charge in [0.1, 0.15) is 11.8 Å². The Labute approximate surface area is 124 Å². The lowest BCUT2D eigenvalue weighted by Crippen LogP contribution is -2.38. The van der Waals surface area contributed by atoms with E-state index in [-0.39, 0.29) is 17.4 Å². The Kier molecular flexibility index (Phi) is 3.16. The van der Waals surface area contributed by atoms with Gasteiger partial charge in [-0.3, -0.25) is 0 Å². The fourth-order valence-electron chi connectivity index (χ4n) is 3.66. The predicted octanol–water partition coefficient (Wildman–Crippen LogP) is 1.84. The van der Waals surface area contributed by atoms with E-state index in [1.54, 1.807) is 6.33 Å². The van der Waals surface area contributed by atoms with E-state index >= 15 is 0 Å². The number of hydrogen-bond acceptors (Lipinski definition) is 5. The van der Waals surface area contributed by atoms with Gasteiger partial charge in [0.25, 0.3) is 0 Å². The Balaban J connectivity index is 1.97. The number of imidazole rings is 1. The highest BCUT2D eigenvalue weighted by Crippen LogP contribution is 2.56. The van der Waals surface area contributed by atoms with Gasteiger partial charge in [-0.25, -0.2) is 15.0 Å². The van der Waals surface area contributed by atoms with Crippen LogP contribution in [0.2, 0.25) is 0 Å². The van der Waals surface area contributed by atoms with E-state index in [1.807, 2.05) is 0 Å². The van der Waals surface area contributed by atoms with Gasteiger partial charge in [0.15, 0.2) is 11.5 Å². The van der Waals surface area contributed by atoms with Crippen LogP contribution in [0.15, 0.2) is 12.7 Å². The molecule has 0 aliphatic heterocycles. The lowest BCUT2D eigenvalue weighted by molar-refractivity contribution is 0.0435. The highest BCUT2D eigenvalue weighted by atomic mass is 16.3. The van der Waals surface area contributed by atoms with Crippen molar-refractivity contribution in [3.8, 4) is 0 Å². The fraction of sp³-hybridized carbons (Fsp3) is 0.667. The first-order valence-corrected chi connectivity index (χ1v) is 7.41. The van der Waals surface area contributed by atoms with E-state index in [1.165, 1.54) is 6.33 Å². The minimum absolute atomic E-state index is 0.0664. The van der Waals surface area contributed by atoms with E-state index in [2.05, 4.69) is 40.3 Å². The largest absolute Gasteiger partial charge is 0.396 e. The molecule has 21 heavy (non-hydrogen) atoms. The highest BCUT2D eigenvalue weighted by Gasteiger charge is 2.51. The second kappa shape index (κ2) is 4.66. The number of aliphatic hydroxyl groups is 1. The van der Waals surface area contributed by atoms with Crippen LogP contribution in [-0.2, 0) is 6.54 Å². The van der Waals surface area contributed by atoms with Crippen LogP contribution in [0.5, 0.6) is 0 Å². The van der Waals surface area contributed by atoms with Crippen LogP contribution in [0, 0.1) is 16.7 Å². The second-order valence-electron chi connectivity index (χ2n) is 7.00. The van der Waals surface area contributed by atoms with Gasteiger partial charge >= 0.3 is 0 Å². The summed E-state index contributed by atoms with van der Waals surface area (Å²) in [5, 5.41) is 9.61. The van der Waals surface area contributed by atoms with Crippen molar-refractivity contribution in [2.45, 2.75) is 40.2 Å². The first kappa shape index (κ1) is 14.3. The van der Waals surface area contributed by atoms with Crippen molar-refractivity contribution in [2.24, 2.45) is 16.7 Å². The molecule has 114 valence electrons. The Morgan fingerprint density at radius 1 is 1.33 bits per heavy atom. The molecular weight excluding hydrogens is 266 g/mol. The van der Waals surface area contributed by atoms with Gasteiger partial charge in [-0.05, 0) is 29.6 Å². The lowest BCUT2D eigenvalue weighted by Gasteiger charge is -2.41. The number of nitrogen functional groups attached to an aromatic ring is 1. The third kappa shape index (κ3) is 2.00. The van der Waals surface area contributed by atoms with Crippen molar-refractivity contribution < 1.29 is 5.11 Å². The number of nitrogens with zero attached hydrogens (tertiary/aromatic N) is 4. The molecule has 2 heterocycles. The molecule has 1 saturated carbocycles. The average molecular weight is 289 g/mol. The third-order valence-corrected chi connectivity index (χ3v) is 5.79. The maximum atomic E-state index is 9.61. The average Bonchev–Trinajstić information content (AvgIpc) is 2.92. The first-order chi connectivity index (χ1) is 9.89. The molecule has 1 aliphatic carbocycles. The summed E-state index contributed by atoms with van der Waals surface area (Å²) in [4.78, 5) is 12.6. The van der Waals surface area contributed by atoms with Gasteiger partial charge in [-0.15, -0.1) is 0 Å². The SMILES string of the molecule is CC1(C)[C@@H](CO)CC[C@@]1(C)Cn1cnc2c(N)ncnc21. The monoisotopic (exact) mass is 289 g/mol. The van der Waals surface area contributed by atoms with Crippen LogP contribution in [-0.4, -0.2) is 31.2 Å². The molecular formula is C15H23N5O. The van der Waals surface area contributed by atoms with Crippen LogP contribution < -0.4 is 5.73 Å². The van der Waals surface area contributed by atoms with Gasteiger partial charge in [0.2, 0.25) is 0 Å².